The van der Waals surface area contributed by atoms with Gasteiger partial charge in [-0.2, -0.15) is 0 Å². The number of phenols is 1. The number of aliphatic hydroxyl groups is 3. The molecule has 5 unspecified atom stereocenters. The molecular weight excluding hydrogens is 296 g/mol. The molecule has 5 atom stereocenters. The van der Waals surface area contributed by atoms with Crippen LogP contribution in [0.3, 0.4) is 0 Å². The molecule has 1 heterocycles. The predicted molar refractivity (Wildman–Crippen MR) is 73.8 cm³/mol. The summed E-state index contributed by atoms with van der Waals surface area (Å²) in [5.74, 6) is 0.436. The second-order valence-electron chi connectivity index (χ2n) is 4.86. The summed E-state index contributed by atoms with van der Waals surface area (Å²) in [6.45, 7) is -0.408. The van der Waals surface area contributed by atoms with Crippen LogP contribution in [0.4, 0.5) is 0 Å². The van der Waals surface area contributed by atoms with Crippen LogP contribution in [-0.4, -0.2) is 72.0 Å². The Labute approximate surface area is 127 Å². The van der Waals surface area contributed by atoms with Crippen LogP contribution in [0.5, 0.6) is 17.2 Å². The minimum absolute atomic E-state index is 0.0120. The molecule has 0 saturated carbocycles. The van der Waals surface area contributed by atoms with Crippen LogP contribution in [0, 0.1) is 0 Å². The summed E-state index contributed by atoms with van der Waals surface area (Å²) in [4.78, 5) is 0. The highest BCUT2D eigenvalue weighted by molar-refractivity contribution is 5.45. The molecule has 124 valence electrons. The second kappa shape index (κ2) is 7.12. The van der Waals surface area contributed by atoms with Crippen LogP contribution < -0.4 is 9.47 Å². The number of aliphatic hydroxyl groups excluding tert-OH is 3. The van der Waals surface area contributed by atoms with Crippen molar-refractivity contribution >= 4 is 0 Å². The van der Waals surface area contributed by atoms with Crippen LogP contribution in [-0.2, 0) is 9.47 Å². The fourth-order valence-electron chi connectivity index (χ4n) is 2.32. The zero-order chi connectivity index (χ0) is 16.3. The first-order valence-electron chi connectivity index (χ1n) is 6.70. The van der Waals surface area contributed by atoms with Gasteiger partial charge in [0, 0.05) is 13.2 Å². The number of benzene rings is 1. The van der Waals surface area contributed by atoms with E-state index in [0.717, 1.165) is 0 Å². The Morgan fingerprint density at radius 1 is 1.14 bits per heavy atom. The predicted octanol–water partition coefficient (Wildman–Crippen LogP) is -0.766. The lowest BCUT2D eigenvalue weighted by Gasteiger charge is -2.41. The van der Waals surface area contributed by atoms with Crippen LogP contribution in [0.2, 0.25) is 0 Å². The van der Waals surface area contributed by atoms with Crippen molar-refractivity contribution in [3.05, 3.63) is 18.2 Å². The molecule has 2 rings (SSSR count). The molecule has 22 heavy (non-hydrogen) atoms. The van der Waals surface area contributed by atoms with E-state index in [4.69, 9.17) is 18.9 Å². The zero-order valence-electron chi connectivity index (χ0n) is 12.2. The Hall–Kier alpha value is -1.58. The lowest BCUT2D eigenvalue weighted by atomic mass is 9.99. The monoisotopic (exact) mass is 316 g/mol. The molecule has 0 amide bonds. The van der Waals surface area contributed by atoms with E-state index < -0.39 is 37.3 Å². The van der Waals surface area contributed by atoms with E-state index in [2.05, 4.69) is 0 Å². The summed E-state index contributed by atoms with van der Waals surface area (Å²) < 4.78 is 21.0. The number of rotatable bonds is 5. The summed E-state index contributed by atoms with van der Waals surface area (Å²) >= 11 is 0. The highest BCUT2D eigenvalue weighted by Crippen LogP contribution is 2.33. The lowest BCUT2D eigenvalue weighted by Crippen LogP contribution is -2.60. The fraction of sp³-hybridized carbons (Fsp3) is 0.571. The van der Waals surface area contributed by atoms with Gasteiger partial charge < -0.3 is 39.4 Å². The third-order valence-corrected chi connectivity index (χ3v) is 3.48. The van der Waals surface area contributed by atoms with Crippen molar-refractivity contribution in [2.45, 2.75) is 30.7 Å². The van der Waals surface area contributed by atoms with Crippen molar-refractivity contribution in [3.63, 3.8) is 0 Å². The van der Waals surface area contributed by atoms with Crippen molar-refractivity contribution in [2.24, 2.45) is 0 Å². The minimum atomic E-state index is -1.38. The molecule has 8 heteroatoms. The molecule has 1 aromatic carbocycles. The second-order valence-corrected chi connectivity index (χ2v) is 4.86. The summed E-state index contributed by atoms with van der Waals surface area (Å²) in [6.07, 6.45) is -5.62. The molecule has 8 nitrogen and oxygen atoms in total. The van der Waals surface area contributed by atoms with Crippen LogP contribution in [0.1, 0.15) is 0 Å². The van der Waals surface area contributed by atoms with Crippen LogP contribution in [0.15, 0.2) is 18.2 Å². The Kier molecular flexibility index (Phi) is 5.43. The highest BCUT2D eigenvalue weighted by Gasteiger charge is 2.46. The number of ether oxygens (including phenoxy) is 4. The van der Waals surface area contributed by atoms with E-state index in [0.29, 0.717) is 0 Å². The third kappa shape index (κ3) is 3.26. The number of aromatic hydroxyl groups is 1. The van der Waals surface area contributed by atoms with E-state index in [1.54, 1.807) is 0 Å². The highest BCUT2D eigenvalue weighted by atomic mass is 16.7. The first kappa shape index (κ1) is 16.8. The molecular formula is C14H20O8. The third-order valence-electron chi connectivity index (χ3n) is 3.48. The lowest BCUT2D eigenvalue weighted by molar-refractivity contribution is -0.282. The Bertz CT molecular complexity index is 492. The van der Waals surface area contributed by atoms with Crippen LogP contribution in [0.25, 0.3) is 0 Å². The number of hydrogen-bond donors (Lipinski definition) is 4. The molecule has 0 aromatic heterocycles. The first-order valence-corrected chi connectivity index (χ1v) is 6.70. The first-order chi connectivity index (χ1) is 10.5. The largest absolute Gasteiger partial charge is 0.508 e. The molecule has 1 aliphatic heterocycles. The molecule has 0 aliphatic carbocycles. The van der Waals surface area contributed by atoms with Gasteiger partial charge in [-0.1, -0.05) is 0 Å². The van der Waals surface area contributed by atoms with Gasteiger partial charge in [0.2, 0.25) is 6.29 Å². The Morgan fingerprint density at radius 3 is 2.45 bits per heavy atom. The van der Waals surface area contributed by atoms with E-state index in [9.17, 15) is 20.4 Å². The Balaban J connectivity index is 2.18. The van der Waals surface area contributed by atoms with Gasteiger partial charge >= 0.3 is 0 Å². The van der Waals surface area contributed by atoms with Gasteiger partial charge in [0.05, 0.1) is 13.7 Å². The summed E-state index contributed by atoms with van der Waals surface area (Å²) in [6, 6.07) is 4.15. The molecule has 0 bridgehead atoms. The number of methoxy groups -OCH3 is 2. The van der Waals surface area contributed by atoms with E-state index in [1.807, 2.05) is 0 Å². The standard InChI is InChI=1S/C14H20O8/c1-19-9-5-7(16)3-4-8(9)21-14-12(18)11(17)13(20-2)10(6-15)22-14/h3-5,10-18H,6H2,1-2H3. The molecule has 1 fully saturated rings. The fourth-order valence-corrected chi connectivity index (χ4v) is 2.32. The SMILES string of the molecule is COc1cc(O)ccc1OC1OC(CO)C(OC)C(O)C1O. The van der Waals surface area contributed by atoms with Crippen molar-refractivity contribution < 1.29 is 39.4 Å². The van der Waals surface area contributed by atoms with Crippen molar-refractivity contribution in [3.8, 4) is 17.2 Å². The maximum atomic E-state index is 10.1. The van der Waals surface area contributed by atoms with E-state index >= 15 is 0 Å². The molecule has 1 aliphatic rings. The van der Waals surface area contributed by atoms with Gasteiger partial charge in [-0.15, -0.1) is 0 Å². The van der Waals surface area contributed by atoms with Gasteiger partial charge in [0.25, 0.3) is 0 Å². The maximum Gasteiger partial charge on any atom is 0.229 e. The van der Waals surface area contributed by atoms with Crippen molar-refractivity contribution in [1.29, 1.82) is 0 Å². The zero-order valence-corrected chi connectivity index (χ0v) is 12.2. The van der Waals surface area contributed by atoms with E-state index in [-0.39, 0.29) is 17.2 Å². The number of hydrogen-bond acceptors (Lipinski definition) is 8. The normalized spacial score (nSPS) is 31.8. The van der Waals surface area contributed by atoms with E-state index in [1.165, 1.54) is 32.4 Å². The topological polar surface area (TPSA) is 118 Å². The summed E-state index contributed by atoms with van der Waals surface area (Å²) in [5, 5.41) is 38.8. The smallest absolute Gasteiger partial charge is 0.229 e. The van der Waals surface area contributed by atoms with Gasteiger partial charge in [-0.3, -0.25) is 0 Å². The quantitative estimate of drug-likeness (QED) is 0.559. The Morgan fingerprint density at radius 2 is 1.86 bits per heavy atom. The van der Waals surface area contributed by atoms with Gasteiger partial charge in [0.15, 0.2) is 11.5 Å². The molecule has 4 N–H and O–H groups in total. The van der Waals surface area contributed by atoms with Crippen molar-refractivity contribution in [1.82, 2.24) is 0 Å². The molecule has 1 aromatic rings. The molecule has 1 saturated heterocycles. The average Bonchev–Trinajstić information content (AvgIpc) is 2.52. The van der Waals surface area contributed by atoms with Crippen molar-refractivity contribution in [2.75, 3.05) is 20.8 Å². The van der Waals surface area contributed by atoms with Gasteiger partial charge in [-0.05, 0) is 12.1 Å². The van der Waals surface area contributed by atoms with Gasteiger partial charge in [-0.25, -0.2) is 0 Å². The van der Waals surface area contributed by atoms with Gasteiger partial charge in [0.1, 0.15) is 30.2 Å². The molecule has 0 spiro atoms. The van der Waals surface area contributed by atoms with Crippen LogP contribution >= 0.6 is 0 Å². The summed E-state index contributed by atoms with van der Waals surface area (Å²) in [7, 11) is 2.74. The number of phenolic OH excluding ortho intramolecular Hbond substituents is 1. The maximum absolute atomic E-state index is 10.1. The summed E-state index contributed by atoms with van der Waals surface area (Å²) in [5.41, 5.74) is 0. The molecule has 0 radical (unpaired) electrons. The minimum Gasteiger partial charge on any atom is -0.508 e. The average molecular weight is 316 g/mol.